The molecule has 6 nitrogen and oxygen atoms in total. The second kappa shape index (κ2) is 3.38. The van der Waals surface area contributed by atoms with E-state index in [1.165, 1.54) is 6.20 Å². The van der Waals surface area contributed by atoms with Crippen LogP contribution in [0.3, 0.4) is 0 Å². The third-order valence-corrected chi connectivity index (χ3v) is 1.73. The first-order chi connectivity index (χ1) is 6.29. The quantitative estimate of drug-likeness (QED) is 0.575. The van der Waals surface area contributed by atoms with Crippen LogP contribution in [0.15, 0.2) is 6.20 Å². The van der Waals surface area contributed by atoms with E-state index < -0.39 is 10.5 Å². The zero-order valence-corrected chi connectivity index (χ0v) is 8.52. The average Bonchev–Trinajstić information content (AvgIpc) is 2.29. The van der Waals surface area contributed by atoms with Crippen molar-refractivity contribution in [3.05, 3.63) is 22.1 Å². The second-order valence-electron chi connectivity index (χ2n) is 4.02. The smallest absolute Gasteiger partial charge is 0.358 e. The van der Waals surface area contributed by atoms with Gasteiger partial charge in [-0.25, -0.2) is 0 Å². The van der Waals surface area contributed by atoms with Crippen molar-refractivity contribution in [3.8, 4) is 0 Å². The molecule has 0 bridgehead atoms. The van der Waals surface area contributed by atoms with Gasteiger partial charge in [-0.1, -0.05) is 0 Å². The van der Waals surface area contributed by atoms with Gasteiger partial charge in [0, 0.05) is 19.0 Å². The van der Waals surface area contributed by atoms with Crippen molar-refractivity contribution in [1.82, 2.24) is 9.55 Å². The molecule has 1 rings (SSSR count). The minimum absolute atomic E-state index is 0.133. The minimum atomic E-state index is -0.507. The zero-order valence-electron chi connectivity index (χ0n) is 8.52. The molecule has 0 unspecified atom stereocenters. The van der Waals surface area contributed by atoms with E-state index >= 15 is 0 Å². The lowest BCUT2D eigenvalue weighted by Crippen LogP contribution is -2.37. The normalized spacial score (nSPS) is 11.7. The molecule has 1 heterocycles. The highest BCUT2D eigenvalue weighted by molar-refractivity contribution is 5.16. The fourth-order valence-corrected chi connectivity index (χ4v) is 1.18. The number of hydrogen-bond acceptors (Lipinski definition) is 4. The number of hydrogen-bond donors (Lipinski definition) is 1. The van der Waals surface area contributed by atoms with E-state index in [2.05, 4.69) is 4.98 Å². The molecule has 0 saturated carbocycles. The first-order valence-corrected chi connectivity index (χ1v) is 4.26. The SMILES string of the molecule is Cc1nc([N+](=O)[O-])cn1CC(C)(C)N. The Kier molecular flexibility index (Phi) is 2.57. The van der Waals surface area contributed by atoms with Crippen LogP contribution in [0, 0.1) is 17.0 Å². The van der Waals surface area contributed by atoms with Gasteiger partial charge < -0.3 is 20.4 Å². The molecule has 2 N–H and O–H groups in total. The number of imidazole rings is 1. The number of nitrogens with two attached hydrogens (primary N) is 1. The molecule has 1 aromatic heterocycles. The summed E-state index contributed by atoms with van der Waals surface area (Å²) < 4.78 is 1.69. The summed E-state index contributed by atoms with van der Waals surface area (Å²) in [4.78, 5) is 13.7. The summed E-state index contributed by atoms with van der Waals surface area (Å²) >= 11 is 0. The van der Waals surface area contributed by atoms with E-state index in [4.69, 9.17) is 5.73 Å². The van der Waals surface area contributed by atoms with Crippen LogP contribution < -0.4 is 5.73 Å². The van der Waals surface area contributed by atoms with Crippen LogP contribution in [-0.2, 0) is 6.54 Å². The standard InChI is InChI=1S/C8H14N4O2/c1-6-10-7(12(13)14)4-11(6)5-8(2,3)9/h4H,5,9H2,1-3H3. The largest absolute Gasteiger partial charge is 0.381 e. The van der Waals surface area contributed by atoms with Crippen molar-refractivity contribution in [2.24, 2.45) is 5.73 Å². The van der Waals surface area contributed by atoms with Crippen LogP contribution in [0.4, 0.5) is 5.82 Å². The maximum atomic E-state index is 10.4. The number of nitrogens with zero attached hydrogens (tertiary/aromatic N) is 3. The fourth-order valence-electron chi connectivity index (χ4n) is 1.18. The molecule has 0 aromatic carbocycles. The predicted octanol–water partition coefficient (Wildman–Crippen LogP) is 0.837. The van der Waals surface area contributed by atoms with Gasteiger partial charge >= 0.3 is 5.82 Å². The van der Waals surface area contributed by atoms with Gasteiger partial charge in [0.2, 0.25) is 5.82 Å². The van der Waals surface area contributed by atoms with Crippen molar-refractivity contribution in [3.63, 3.8) is 0 Å². The summed E-state index contributed by atoms with van der Waals surface area (Å²) in [7, 11) is 0. The molecule has 0 spiro atoms. The minimum Gasteiger partial charge on any atom is -0.358 e. The second-order valence-corrected chi connectivity index (χ2v) is 4.02. The van der Waals surface area contributed by atoms with Gasteiger partial charge in [0.05, 0.1) is 0 Å². The van der Waals surface area contributed by atoms with Crippen LogP contribution in [-0.4, -0.2) is 20.0 Å². The Morgan fingerprint density at radius 2 is 2.29 bits per heavy atom. The lowest BCUT2D eigenvalue weighted by Gasteiger charge is -2.18. The highest BCUT2D eigenvalue weighted by Crippen LogP contribution is 2.12. The van der Waals surface area contributed by atoms with E-state index in [1.54, 1.807) is 11.5 Å². The number of aryl methyl sites for hydroxylation is 1. The third kappa shape index (κ3) is 2.53. The van der Waals surface area contributed by atoms with Crippen LogP contribution in [0.1, 0.15) is 19.7 Å². The van der Waals surface area contributed by atoms with Gasteiger partial charge in [-0.2, -0.15) is 0 Å². The Labute approximate surface area is 81.9 Å². The Bertz CT molecular complexity index is 351. The van der Waals surface area contributed by atoms with E-state index in [9.17, 15) is 10.1 Å². The van der Waals surface area contributed by atoms with Gasteiger partial charge in [0.15, 0.2) is 0 Å². The van der Waals surface area contributed by atoms with Gasteiger partial charge in [0.25, 0.3) is 0 Å². The molecule has 0 aliphatic heterocycles. The van der Waals surface area contributed by atoms with Gasteiger partial charge in [-0.3, -0.25) is 0 Å². The molecule has 0 fully saturated rings. The Morgan fingerprint density at radius 1 is 1.71 bits per heavy atom. The lowest BCUT2D eigenvalue weighted by atomic mass is 10.1. The van der Waals surface area contributed by atoms with Crippen LogP contribution in [0.25, 0.3) is 0 Å². The first-order valence-electron chi connectivity index (χ1n) is 4.26. The van der Waals surface area contributed by atoms with Crippen LogP contribution in [0.5, 0.6) is 0 Å². The number of aromatic nitrogens is 2. The Morgan fingerprint density at radius 3 is 2.64 bits per heavy atom. The van der Waals surface area contributed by atoms with Crippen molar-refractivity contribution < 1.29 is 4.92 Å². The van der Waals surface area contributed by atoms with Crippen LogP contribution >= 0.6 is 0 Å². The fraction of sp³-hybridized carbons (Fsp3) is 0.625. The summed E-state index contributed by atoms with van der Waals surface area (Å²) in [5.74, 6) is 0.474. The molecule has 0 radical (unpaired) electrons. The molecule has 1 aromatic rings. The summed E-state index contributed by atoms with van der Waals surface area (Å²) in [5.41, 5.74) is 5.40. The van der Waals surface area contributed by atoms with Gasteiger partial charge in [-0.15, -0.1) is 0 Å². The molecule has 14 heavy (non-hydrogen) atoms. The highest BCUT2D eigenvalue weighted by atomic mass is 16.6. The third-order valence-electron chi connectivity index (χ3n) is 1.73. The number of rotatable bonds is 3. The summed E-state index contributed by atoms with van der Waals surface area (Å²) in [6.45, 7) is 5.95. The van der Waals surface area contributed by atoms with Gasteiger partial charge in [0.1, 0.15) is 6.20 Å². The van der Waals surface area contributed by atoms with Crippen LogP contribution in [0.2, 0.25) is 0 Å². The van der Waals surface area contributed by atoms with Crippen molar-refractivity contribution in [2.75, 3.05) is 0 Å². The van der Waals surface area contributed by atoms with E-state index in [-0.39, 0.29) is 5.82 Å². The molecule has 6 heteroatoms. The molecule has 0 aliphatic carbocycles. The molecule has 0 aliphatic rings. The molecule has 78 valence electrons. The maximum Gasteiger partial charge on any atom is 0.381 e. The average molecular weight is 198 g/mol. The maximum absolute atomic E-state index is 10.4. The van der Waals surface area contributed by atoms with Crippen molar-refractivity contribution >= 4 is 5.82 Å². The zero-order chi connectivity index (χ0) is 10.9. The van der Waals surface area contributed by atoms with Gasteiger partial charge in [-0.05, 0) is 23.8 Å². The molecule has 0 saturated heterocycles. The molecule has 0 atom stereocenters. The topological polar surface area (TPSA) is 87.0 Å². The molecular weight excluding hydrogens is 184 g/mol. The van der Waals surface area contributed by atoms with Crippen molar-refractivity contribution in [2.45, 2.75) is 32.9 Å². The summed E-state index contributed by atoms with van der Waals surface area (Å²) in [5, 5.41) is 10.4. The lowest BCUT2D eigenvalue weighted by molar-refractivity contribution is -0.389. The van der Waals surface area contributed by atoms with E-state index in [0.29, 0.717) is 12.4 Å². The highest BCUT2D eigenvalue weighted by Gasteiger charge is 2.19. The molecule has 0 amide bonds. The van der Waals surface area contributed by atoms with Crippen molar-refractivity contribution in [1.29, 1.82) is 0 Å². The first kappa shape index (κ1) is 10.6. The summed E-state index contributed by atoms with van der Waals surface area (Å²) in [6.07, 6.45) is 1.41. The van der Waals surface area contributed by atoms with E-state index in [0.717, 1.165) is 0 Å². The van der Waals surface area contributed by atoms with E-state index in [1.807, 2.05) is 13.8 Å². The summed E-state index contributed by atoms with van der Waals surface area (Å²) in [6, 6.07) is 0. The Balaban J connectivity index is 2.94. The number of nitro groups is 1. The predicted molar refractivity (Wildman–Crippen MR) is 51.9 cm³/mol. The monoisotopic (exact) mass is 198 g/mol. The molecular formula is C8H14N4O2. The Hall–Kier alpha value is -1.43.